The first kappa shape index (κ1) is 30.7. The predicted molar refractivity (Wildman–Crippen MR) is 151 cm³/mol. The van der Waals surface area contributed by atoms with Gasteiger partial charge in [-0.15, -0.1) is 0 Å². The van der Waals surface area contributed by atoms with Crippen molar-refractivity contribution < 1.29 is 28.5 Å². The highest BCUT2D eigenvalue weighted by molar-refractivity contribution is 5.82. The number of hydrogen-bond donors (Lipinski definition) is 0. The Morgan fingerprint density at radius 1 is 0.632 bits per heavy atom. The molecule has 0 bridgehead atoms. The lowest BCUT2D eigenvalue weighted by Gasteiger charge is -2.35. The second-order valence-electron chi connectivity index (χ2n) is 11.9. The summed E-state index contributed by atoms with van der Waals surface area (Å²) < 4.78 is 23.5. The first-order valence-corrected chi connectivity index (χ1v) is 12.7. The van der Waals surface area contributed by atoms with Crippen molar-refractivity contribution in [3.63, 3.8) is 0 Å². The number of ether oxygens (including phenoxy) is 4. The van der Waals surface area contributed by atoms with E-state index in [0.717, 1.165) is 34.8 Å². The third kappa shape index (κ3) is 10.1. The zero-order valence-corrected chi connectivity index (χ0v) is 24.1. The van der Waals surface area contributed by atoms with Crippen LogP contribution in [0.15, 0.2) is 73.8 Å². The third-order valence-electron chi connectivity index (χ3n) is 5.60. The first-order chi connectivity index (χ1) is 17.4. The van der Waals surface area contributed by atoms with Crippen molar-refractivity contribution in [3.05, 3.63) is 73.8 Å². The van der Waals surface area contributed by atoms with Crippen LogP contribution >= 0.6 is 0 Å². The molecule has 0 fully saturated rings. The van der Waals surface area contributed by atoms with Crippen LogP contribution in [-0.4, -0.2) is 34.3 Å². The molecule has 6 nitrogen and oxygen atoms in total. The van der Waals surface area contributed by atoms with Crippen LogP contribution in [0, 0.1) is 0 Å². The fourth-order valence-electron chi connectivity index (χ4n) is 4.92. The maximum Gasteiger partial charge on any atom is 0.330 e. The van der Waals surface area contributed by atoms with Crippen LogP contribution in [0.5, 0.6) is 11.5 Å². The summed E-state index contributed by atoms with van der Waals surface area (Å²) in [5.41, 5.74) is -0.553. The Morgan fingerprint density at radius 3 is 1.53 bits per heavy atom. The van der Waals surface area contributed by atoms with E-state index >= 15 is 0 Å². The normalized spacial score (nSPS) is 12.3. The maximum absolute atomic E-state index is 11.7. The van der Waals surface area contributed by atoms with Gasteiger partial charge in [-0.1, -0.05) is 37.4 Å². The molecule has 2 aromatic carbocycles. The van der Waals surface area contributed by atoms with E-state index in [2.05, 4.69) is 13.2 Å². The van der Waals surface area contributed by atoms with Crippen molar-refractivity contribution in [1.29, 1.82) is 0 Å². The molecule has 2 rings (SSSR count). The number of esters is 2. The van der Waals surface area contributed by atoms with Crippen LogP contribution in [0.4, 0.5) is 0 Å². The monoisotopic (exact) mass is 522 g/mol. The van der Waals surface area contributed by atoms with E-state index in [1.807, 2.05) is 104 Å². The highest BCUT2D eigenvalue weighted by atomic mass is 16.6. The van der Waals surface area contributed by atoms with E-state index in [4.69, 9.17) is 18.9 Å². The largest absolute Gasteiger partial charge is 0.488 e. The molecule has 0 aliphatic rings. The Labute approximate surface area is 227 Å². The Hall–Kier alpha value is -3.54. The van der Waals surface area contributed by atoms with Gasteiger partial charge in [-0.25, -0.2) is 9.59 Å². The molecule has 0 amide bonds. The quantitative estimate of drug-likeness (QED) is 0.201. The van der Waals surface area contributed by atoms with E-state index in [1.54, 1.807) is 0 Å². The number of hydrogen-bond acceptors (Lipinski definition) is 6. The fraction of sp³-hybridized carbons (Fsp3) is 0.438. The molecule has 206 valence electrons. The van der Waals surface area contributed by atoms with Gasteiger partial charge in [0, 0.05) is 25.0 Å². The van der Waals surface area contributed by atoms with Gasteiger partial charge in [-0.2, -0.15) is 0 Å². The summed E-state index contributed by atoms with van der Waals surface area (Å²) in [6.45, 7) is 22.2. The van der Waals surface area contributed by atoms with Gasteiger partial charge in [-0.3, -0.25) is 0 Å². The average Bonchev–Trinajstić information content (AvgIpc) is 2.76. The number of carbonyl (C=O) groups excluding carboxylic acids is 2. The molecule has 0 spiro atoms. The molecule has 0 radical (unpaired) electrons. The van der Waals surface area contributed by atoms with E-state index in [1.165, 1.54) is 0 Å². The van der Waals surface area contributed by atoms with E-state index in [0.29, 0.717) is 12.8 Å². The first-order valence-electron chi connectivity index (χ1n) is 12.7. The van der Waals surface area contributed by atoms with Gasteiger partial charge < -0.3 is 18.9 Å². The second kappa shape index (κ2) is 11.9. The maximum atomic E-state index is 11.7. The zero-order valence-electron chi connectivity index (χ0n) is 24.1. The minimum atomic E-state index is -0.710. The van der Waals surface area contributed by atoms with Crippen LogP contribution in [0.2, 0.25) is 0 Å². The van der Waals surface area contributed by atoms with E-state index in [9.17, 15) is 9.59 Å². The molecule has 2 aromatic rings. The Bertz CT molecular complexity index is 1140. The van der Waals surface area contributed by atoms with Gasteiger partial charge in [0.15, 0.2) is 0 Å². The number of benzene rings is 2. The molecule has 6 heteroatoms. The van der Waals surface area contributed by atoms with Gasteiger partial charge in [0.25, 0.3) is 0 Å². The third-order valence-corrected chi connectivity index (χ3v) is 5.60. The van der Waals surface area contributed by atoms with Crippen molar-refractivity contribution in [3.8, 4) is 22.6 Å². The molecule has 0 saturated carbocycles. The molecular weight excluding hydrogens is 480 g/mol. The Kier molecular flexibility index (Phi) is 9.60. The lowest BCUT2D eigenvalue weighted by molar-refractivity contribution is -0.155. The van der Waals surface area contributed by atoms with Gasteiger partial charge in [0.05, 0.1) is 0 Å². The molecule has 38 heavy (non-hydrogen) atoms. The van der Waals surface area contributed by atoms with Crippen molar-refractivity contribution >= 4 is 11.9 Å². The summed E-state index contributed by atoms with van der Waals surface area (Å²) in [7, 11) is 0. The van der Waals surface area contributed by atoms with Crippen LogP contribution in [0.1, 0.15) is 68.2 Å². The summed E-state index contributed by atoms with van der Waals surface area (Å²) in [6.07, 6.45) is 3.32. The predicted octanol–water partition coefficient (Wildman–Crippen LogP) is 7.46. The lowest BCUT2D eigenvalue weighted by Crippen LogP contribution is -2.40. The Balaban J connectivity index is 2.10. The van der Waals surface area contributed by atoms with Gasteiger partial charge in [0.1, 0.15) is 33.9 Å². The minimum absolute atomic E-state index is 0.454. The average molecular weight is 523 g/mol. The van der Waals surface area contributed by atoms with Crippen LogP contribution < -0.4 is 9.47 Å². The van der Waals surface area contributed by atoms with Crippen LogP contribution in [0.25, 0.3) is 11.1 Å². The minimum Gasteiger partial charge on any atom is -0.488 e. The summed E-state index contributed by atoms with van der Waals surface area (Å²) in [5.74, 6) is 0.526. The molecule has 0 aliphatic carbocycles. The molecule has 0 unspecified atom stereocenters. The highest BCUT2D eigenvalue weighted by Gasteiger charge is 2.34. The topological polar surface area (TPSA) is 71.1 Å². The molecule has 0 saturated heterocycles. The number of carbonyl (C=O) groups is 2. The second-order valence-corrected chi connectivity index (χ2v) is 11.9. The smallest absolute Gasteiger partial charge is 0.330 e. The van der Waals surface area contributed by atoms with Crippen LogP contribution in [0.3, 0.4) is 0 Å². The summed E-state index contributed by atoms with van der Waals surface area (Å²) in [6, 6.07) is 15.7. The number of rotatable bonds is 13. The van der Waals surface area contributed by atoms with Crippen LogP contribution in [-0.2, 0) is 19.1 Å². The van der Waals surface area contributed by atoms with Crippen molar-refractivity contribution in [2.45, 2.75) is 90.6 Å². The van der Waals surface area contributed by atoms with E-state index < -0.39 is 34.3 Å². The lowest BCUT2D eigenvalue weighted by atomic mass is 9.92. The molecule has 0 aliphatic heterocycles. The van der Waals surface area contributed by atoms with Gasteiger partial charge in [0.2, 0.25) is 0 Å². The van der Waals surface area contributed by atoms with Crippen molar-refractivity contribution in [2.24, 2.45) is 0 Å². The summed E-state index contributed by atoms with van der Waals surface area (Å²) in [5, 5.41) is 0. The van der Waals surface area contributed by atoms with E-state index in [-0.39, 0.29) is 0 Å². The van der Waals surface area contributed by atoms with Gasteiger partial charge >= 0.3 is 11.9 Å². The molecule has 0 heterocycles. The summed E-state index contributed by atoms with van der Waals surface area (Å²) >= 11 is 0. The Morgan fingerprint density at radius 2 is 1.08 bits per heavy atom. The highest BCUT2D eigenvalue weighted by Crippen LogP contribution is 2.33. The zero-order chi connectivity index (χ0) is 28.8. The molecule has 0 aromatic heterocycles. The standard InChI is InChI=1S/C32H42O6/c1-11-27(33)37-31(7,8)21-29(3,4)35-25-18-16-23(17-19-25)24-14-13-15-26(20-24)36-30(5,6)22-32(9,10)38-28(34)12-2/h11-20H,1-2,21-22H2,3-10H3. The van der Waals surface area contributed by atoms with Crippen molar-refractivity contribution in [2.75, 3.05) is 0 Å². The van der Waals surface area contributed by atoms with Gasteiger partial charge in [-0.05, 0) is 90.8 Å². The molecule has 0 N–H and O–H groups in total. The fourth-order valence-corrected chi connectivity index (χ4v) is 4.92. The SMILES string of the molecule is C=CC(=O)OC(C)(C)CC(C)(C)Oc1ccc(-c2cccc(OC(C)(C)CC(C)(C)OC(=O)C=C)c2)cc1. The summed E-state index contributed by atoms with van der Waals surface area (Å²) in [4.78, 5) is 23.3. The van der Waals surface area contributed by atoms with Crippen molar-refractivity contribution in [1.82, 2.24) is 0 Å². The molecule has 0 atom stereocenters. The molecular formula is C32H42O6.